The van der Waals surface area contributed by atoms with Crippen molar-refractivity contribution in [3.05, 3.63) is 16.3 Å². The minimum atomic E-state index is -0.779. The summed E-state index contributed by atoms with van der Waals surface area (Å²) in [6, 6.07) is 0.111. The Morgan fingerprint density at radius 1 is 1.61 bits per heavy atom. The van der Waals surface area contributed by atoms with Crippen LogP contribution < -0.4 is 4.90 Å². The Morgan fingerprint density at radius 3 is 2.94 bits per heavy atom. The number of carbonyl (C=O) groups is 1. The molecule has 18 heavy (non-hydrogen) atoms. The fourth-order valence-electron chi connectivity index (χ4n) is 3.01. The van der Waals surface area contributed by atoms with Crippen LogP contribution >= 0.6 is 11.3 Å². The molecule has 1 N–H and O–H groups in total. The molecule has 0 aromatic carbocycles. The number of carboxylic acid groups (broad SMARTS) is 1. The largest absolute Gasteiger partial charge is 0.481 e. The van der Waals surface area contributed by atoms with Gasteiger partial charge in [0.05, 0.1) is 10.8 Å². The van der Waals surface area contributed by atoms with Crippen molar-refractivity contribution in [1.29, 1.82) is 0 Å². The van der Waals surface area contributed by atoms with E-state index in [0.717, 1.165) is 24.2 Å². The summed E-state index contributed by atoms with van der Waals surface area (Å²) in [5.74, 6) is -1.15. The topological polar surface area (TPSA) is 96.6 Å². The van der Waals surface area contributed by atoms with Crippen LogP contribution in [0.5, 0.6) is 0 Å². The molecule has 1 aromatic rings. The standard InChI is InChI=1S/C10H11N3O4S/c14-9(15)6-3-5-1-2-7(6)12(5)10-11-4-8(18-10)13(16)17/h4-7H,1-3H2,(H,14,15). The van der Waals surface area contributed by atoms with Gasteiger partial charge in [0.2, 0.25) is 0 Å². The maximum absolute atomic E-state index is 11.1. The average molecular weight is 269 g/mol. The lowest BCUT2D eigenvalue weighted by atomic mass is 9.89. The third-order valence-corrected chi connectivity index (χ3v) is 4.70. The van der Waals surface area contributed by atoms with Crippen LogP contribution in [-0.4, -0.2) is 33.1 Å². The lowest BCUT2D eigenvalue weighted by Crippen LogP contribution is -2.32. The summed E-state index contributed by atoms with van der Waals surface area (Å²) in [4.78, 5) is 27.3. The molecule has 0 aliphatic carbocycles. The second-order valence-corrected chi connectivity index (χ2v) is 5.61. The first kappa shape index (κ1) is 11.4. The smallest absolute Gasteiger partial charge is 0.345 e. The SMILES string of the molecule is O=C(O)C1CC2CCC1N2c1ncc([N+](=O)[O-])s1. The van der Waals surface area contributed by atoms with Gasteiger partial charge in [-0.2, -0.15) is 0 Å². The molecule has 1 aromatic heterocycles. The van der Waals surface area contributed by atoms with Crippen molar-refractivity contribution in [3.63, 3.8) is 0 Å². The number of aromatic nitrogens is 1. The van der Waals surface area contributed by atoms with Gasteiger partial charge in [0.1, 0.15) is 6.20 Å². The van der Waals surface area contributed by atoms with Gasteiger partial charge in [-0.15, -0.1) is 0 Å². The molecule has 8 heteroatoms. The molecule has 96 valence electrons. The Hall–Kier alpha value is -1.70. The molecule has 0 amide bonds. The lowest BCUT2D eigenvalue weighted by Gasteiger charge is -2.21. The zero-order valence-corrected chi connectivity index (χ0v) is 10.2. The van der Waals surface area contributed by atoms with Crippen molar-refractivity contribution in [2.24, 2.45) is 5.92 Å². The van der Waals surface area contributed by atoms with Crippen molar-refractivity contribution >= 4 is 27.4 Å². The molecular formula is C10H11N3O4S. The van der Waals surface area contributed by atoms with Crippen molar-refractivity contribution in [2.45, 2.75) is 31.3 Å². The van der Waals surface area contributed by atoms with Crippen LogP contribution in [0.2, 0.25) is 0 Å². The molecule has 3 unspecified atom stereocenters. The van der Waals surface area contributed by atoms with E-state index in [2.05, 4.69) is 4.98 Å². The first-order chi connectivity index (χ1) is 8.58. The van der Waals surface area contributed by atoms with E-state index in [1.165, 1.54) is 6.20 Å². The number of hydrogen-bond donors (Lipinski definition) is 1. The number of carboxylic acids is 1. The predicted molar refractivity (Wildman–Crippen MR) is 63.8 cm³/mol. The quantitative estimate of drug-likeness (QED) is 0.659. The third kappa shape index (κ3) is 1.56. The van der Waals surface area contributed by atoms with Crippen LogP contribution in [0.15, 0.2) is 6.20 Å². The van der Waals surface area contributed by atoms with E-state index in [4.69, 9.17) is 5.11 Å². The Balaban J connectivity index is 1.88. The summed E-state index contributed by atoms with van der Waals surface area (Å²) in [5.41, 5.74) is 0. The fraction of sp³-hybridized carbons (Fsp3) is 0.600. The normalized spacial score (nSPS) is 29.8. The van der Waals surface area contributed by atoms with E-state index in [9.17, 15) is 14.9 Å². The van der Waals surface area contributed by atoms with Gasteiger partial charge in [0, 0.05) is 12.1 Å². The van der Waals surface area contributed by atoms with E-state index >= 15 is 0 Å². The number of aliphatic carboxylic acids is 1. The Morgan fingerprint density at radius 2 is 2.39 bits per heavy atom. The van der Waals surface area contributed by atoms with Gasteiger partial charge in [-0.3, -0.25) is 14.9 Å². The van der Waals surface area contributed by atoms with Crippen molar-refractivity contribution in [1.82, 2.24) is 4.98 Å². The first-order valence-electron chi connectivity index (χ1n) is 5.69. The minimum Gasteiger partial charge on any atom is -0.481 e. The molecule has 0 radical (unpaired) electrons. The van der Waals surface area contributed by atoms with Crippen LogP contribution in [0.4, 0.5) is 10.1 Å². The van der Waals surface area contributed by atoms with Gasteiger partial charge in [-0.05, 0) is 30.6 Å². The highest BCUT2D eigenvalue weighted by Gasteiger charge is 2.50. The maximum Gasteiger partial charge on any atom is 0.345 e. The summed E-state index contributed by atoms with van der Waals surface area (Å²) < 4.78 is 0. The number of rotatable bonds is 3. The molecule has 3 heterocycles. The lowest BCUT2D eigenvalue weighted by molar-refractivity contribution is -0.380. The molecule has 0 saturated carbocycles. The summed E-state index contributed by atoms with van der Waals surface area (Å²) in [6.07, 6.45) is 3.64. The number of hydrogen-bond acceptors (Lipinski definition) is 6. The highest BCUT2D eigenvalue weighted by molar-refractivity contribution is 7.18. The molecule has 2 bridgehead atoms. The highest BCUT2D eigenvalue weighted by atomic mass is 32.1. The molecule has 3 rings (SSSR count). The Kier molecular flexibility index (Phi) is 2.47. The molecule has 2 aliphatic heterocycles. The van der Waals surface area contributed by atoms with E-state index in [0.29, 0.717) is 11.6 Å². The Labute approximate surface area is 106 Å². The summed E-state index contributed by atoms with van der Waals surface area (Å²) in [6.45, 7) is 0. The summed E-state index contributed by atoms with van der Waals surface area (Å²) in [5, 5.41) is 20.4. The van der Waals surface area contributed by atoms with Gasteiger partial charge in [-0.25, -0.2) is 4.98 Å². The second kappa shape index (κ2) is 3.91. The van der Waals surface area contributed by atoms with Crippen LogP contribution in [0.1, 0.15) is 19.3 Å². The van der Waals surface area contributed by atoms with Gasteiger partial charge >= 0.3 is 11.0 Å². The molecule has 3 atom stereocenters. The summed E-state index contributed by atoms with van der Waals surface area (Å²) >= 11 is 1.02. The van der Waals surface area contributed by atoms with Crippen molar-refractivity contribution < 1.29 is 14.8 Å². The van der Waals surface area contributed by atoms with Gasteiger partial charge in [-0.1, -0.05) is 0 Å². The van der Waals surface area contributed by atoms with Crippen LogP contribution in [0.3, 0.4) is 0 Å². The monoisotopic (exact) mass is 269 g/mol. The number of anilines is 1. The second-order valence-electron chi connectivity index (χ2n) is 4.62. The van der Waals surface area contributed by atoms with Crippen molar-refractivity contribution in [2.75, 3.05) is 4.90 Å². The minimum absolute atomic E-state index is 0.00294. The number of thiazole rings is 1. The molecule has 0 spiro atoms. The number of fused-ring (bicyclic) bond motifs is 2. The van der Waals surface area contributed by atoms with Crippen LogP contribution in [0.25, 0.3) is 0 Å². The highest BCUT2D eigenvalue weighted by Crippen LogP contribution is 2.46. The third-order valence-electron chi connectivity index (χ3n) is 3.74. The zero-order valence-electron chi connectivity index (χ0n) is 9.35. The van der Waals surface area contributed by atoms with Crippen molar-refractivity contribution in [3.8, 4) is 0 Å². The molecular weight excluding hydrogens is 258 g/mol. The van der Waals surface area contributed by atoms with Gasteiger partial charge < -0.3 is 10.0 Å². The number of nitro groups is 1. The molecule has 2 saturated heterocycles. The molecule has 2 aliphatic rings. The summed E-state index contributed by atoms with van der Waals surface area (Å²) in [7, 11) is 0. The van der Waals surface area contributed by atoms with E-state index < -0.39 is 10.9 Å². The first-order valence-corrected chi connectivity index (χ1v) is 6.51. The van der Waals surface area contributed by atoms with Crippen LogP contribution in [0, 0.1) is 16.0 Å². The number of nitrogens with zero attached hydrogens (tertiary/aromatic N) is 3. The Bertz CT molecular complexity index is 517. The van der Waals surface area contributed by atoms with Gasteiger partial charge in [0.15, 0.2) is 5.13 Å². The molecule has 7 nitrogen and oxygen atoms in total. The van der Waals surface area contributed by atoms with E-state index in [-0.39, 0.29) is 23.0 Å². The predicted octanol–water partition coefficient (Wildman–Crippen LogP) is 1.49. The average Bonchev–Trinajstić information content (AvgIpc) is 3.00. The van der Waals surface area contributed by atoms with E-state index in [1.54, 1.807) is 0 Å². The van der Waals surface area contributed by atoms with E-state index in [1.807, 2.05) is 4.90 Å². The zero-order chi connectivity index (χ0) is 12.9. The van der Waals surface area contributed by atoms with Crippen LogP contribution in [-0.2, 0) is 4.79 Å². The maximum atomic E-state index is 11.1. The fourth-order valence-corrected chi connectivity index (χ4v) is 3.87. The van der Waals surface area contributed by atoms with Gasteiger partial charge in [0.25, 0.3) is 0 Å². The molecule has 2 fully saturated rings.